The predicted octanol–water partition coefficient (Wildman–Crippen LogP) is 1.67. The standard InChI is InChI=1S/C10H11N5S/c1-7-8(5-11)10(16-14-7)13-6-9-12-3-4-15(9)2/h3-4,13H,6H2,1-2H3. The van der Waals surface area contributed by atoms with Gasteiger partial charge in [0.15, 0.2) is 0 Å². The highest BCUT2D eigenvalue weighted by Gasteiger charge is 2.10. The molecule has 0 spiro atoms. The summed E-state index contributed by atoms with van der Waals surface area (Å²) in [5, 5.41) is 12.9. The average molecular weight is 233 g/mol. The molecule has 0 fully saturated rings. The summed E-state index contributed by atoms with van der Waals surface area (Å²) in [6.45, 7) is 2.43. The van der Waals surface area contributed by atoms with Gasteiger partial charge in [0.1, 0.15) is 22.5 Å². The summed E-state index contributed by atoms with van der Waals surface area (Å²) in [5.74, 6) is 0.926. The summed E-state index contributed by atoms with van der Waals surface area (Å²) >= 11 is 1.31. The predicted molar refractivity (Wildman–Crippen MR) is 62.1 cm³/mol. The summed E-state index contributed by atoms with van der Waals surface area (Å²) in [5.41, 5.74) is 1.40. The lowest BCUT2D eigenvalue weighted by Gasteiger charge is -2.03. The van der Waals surface area contributed by atoms with Crippen LogP contribution in [-0.4, -0.2) is 13.9 Å². The summed E-state index contributed by atoms with van der Waals surface area (Å²) in [6.07, 6.45) is 3.64. The number of nitriles is 1. The van der Waals surface area contributed by atoms with Crippen molar-refractivity contribution < 1.29 is 0 Å². The number of nitrogens with one attached hydrogen (secondary N) is 1. The van der Waals surface area contributed by atoms with Crippen molar-refractivity contribution in [3.05, 3.63) is 29.5 Å². The molecule has 0 aliphatic rings. The highest BCUT2D eigenvalue weighted by Crippen LogP contribution is 2.23. The number of aromatic nitrogens is 3. The van der Waals surface area contributed by atoms with Gasteiger partial charge in [-0.2, -0.15) is 9.64 Å². The molecule has 1 N–H and O–H groups in total. The zero-order valence-corrected chi connectivity index (χ0v) is 9.88. The van der Waals surface area contributed by atoms with E-state index in [2.05, 4.69) is 20.7 Å². The number of hydrogen-bond acceptors (Lipinski definition) is 5. The molecule has 16 heavy (non-hydrogen) atoms. The van der Waals surface area contributed by atoms with Crippen LogP contribution in [0.15, 0.2) is 12.4 Å². The average Bonchev–Trinajstić information content (AvgIpc) is 2.82. The van der Waals surface area contributed by atoms with Crippen LogP contribution in [0.5, 0.6) is 0 Å². The quantitative estimate of drug-likeness (QED) is 0.875. The molecular formula is C10H11N5S. The number of aryl methyl sites for hydroxylation is 2. The Bertz CT molecular complexity index is 534. The minimum Gasteiger partial charge on any atom is -0.367 e. The van der Waals surface area contributed by atoms with Crippen LogP contribution in [0.4, 0.5) is 5.00 Å². The lowest BCUT2D eigenvalue weighted by atomic mass is 10.3. The maximum Gasteiger partial charge on any atom is 0.128 e. The molecule has 0 radical (unpaired) electrons. The lowest BCUT2D eigenvalue weighted by Crippen LogP contribution is -2.05. The Balaban J connectivity index is 2.11. The first-order chi connectivity index (χ1) is 7.72. The van der Waals surface area contributed by atoms with Gasteiger partial charge in [0.05, 0.1) is 12.2 Å². The molecule has 2 aromatic rings. The first kappa shape index (κ1) is 10.6. The van der Waals surface area contributed by atoms with Crippen LogP contribution in [0.1, 0.15) is 17.1 Å². The molecular weight excluding hydrogens is 222 g/mol. The maximum absolute atomic E-state index is 8.96. The number of anilines is 1. The minimum absolute atomic E-state index is 0.597. The first-order valence-electron chi connectivity index (χ1n) is 4.79. The van der Waals surface area contributed by atoms with E-state index in [0.29, 0.717) is 12.1 Å². The Hall–Kier alpha value is -1.87. The highest BCUT2D eigenvalue weighted by molar-refractivity contribution is 7.10. The molecule has 0 bridgehead atoms. The van der Waals surface area contributed by atoms with E-state index in [9.17, 15) is 0 Å². The topological polar surface area (TPSA) is 66.5 Å². The van der Waals surface area contributed by atoms with Crippen molar-refractivity contribution in [1.29, 1.82) is 5.26 Å². The third kappa shape index (κ3) is 1.90. The molecule has 0 atom stereocenters. The second kappa shape index (κ2) is 4.33. The highest BCUT2D eigenvalue weighted by atomic mass is 32.1. The Morgan fingerprint density at radius 1 is 1.62 bits per heavy atom. The van der Waals surface area contributed by atoms with Crippen molar-refractivity contribution >= 4 is 16.5 Å². The van der Waals surface area contributed by atoms with Crippen LogP contribution in [0.25, 0.3) is 0 Å². The number of imidazole rings is 1. The Morgan fingerprint density at radius 2 is 2.44 bits per heavy atom. The van der Waals surface area contributed by atoms with Crippen molar-refractivity contribution in [2.75, 3.05) is 5.32 Å². The van der Waals surface area contributed by atoms with Gasteiger partial charge in [0.2, 0.25) is 0 Å². The Morgan fingerprint density at radius 3 is 3.06 bits per heavy atom. The van der Waals surface area contributed by atoms with E-state index in [-0.39, 0.29) is 0 Å². The molecule has 2 aromatic heterocycles. The van der Waals surface area contributed by atoms with Gasteiger partial charge in [0.25, 0.3) is 0 Å². The van der Waals surface area contributed by atoms with Gasteiger partial charge < -0.3 is 9.88 Å². The summed E-state index contributed by atoms with van der Waals surface area (Å²) in [7, 11) is 1.94. The van der Waals surface area contributed by atoms with Gasteiger partial charge in [-0.1, -0.05) is 0 Å². The second-order valence-corrected chi connectivity index (χ2v) is 4.17. The largest absolute Gasteiger partial charge is 0.367 e. The summed E-state index contributed by atoms with van der Waals surface area (Å²) < 4.78 is 6.08. The van der Waals surface area contributed by atoms with E-state index in [1.165, 1.54) is 11.5 Å². The van der Waals surface area contributed by atoms with Crippen LogP contribution in [0.3, 0.4) is 0 Å². The third-order valence-corrected chi connectivity index (χ3v) is 3.20. The van der Waals surface area contributed by atoms with Crippen LogP contribution in [0, 0.1) is 18.3 Å². The van der Waals surface area contributed by atoms with E-state index in [0.717, 1.165) is 16.5 Å². The SMILES string of the molecule is Cc1nsc(NCc2nccn2C)c1C#N. The molecule has 2 rings (SSSR count). The van der Waals surface area contributed by atoms with E-state index >= 15 is 0 Å². The van der Waals surface area contributed by atoms with Crippen LogP contribution in [-0.2, 0) is 13.6 Å². The molecule has 0 aliphatic carbocycles. The Labute approximate surface area is 97.5 Å². The molecule has 0 aromatic carbocycles. The molecule has 2 heterocycles. The third-order valence-electron chi connectivity index (χ3n) is 2.30. The first-order valence-corrected chi connectivity index (χ1v) is 5.56. The van der Waals surface area contributed by atoms with E-state index < -0.39 is 0 Å². The van der Waals surface area contributed by atoms with Gasteiger partial charge in [-0.15, -0.1) is 0 Å². The van der Waals surface area contributed by atoms with E-state index in [4.69, 9.17) is 5.26 Å². The van der Waals surface area contributed by atoms with Crippen molar-refractivity contribution in [2.24, 2.45) is 7.05 Å². The van der Waals surface area contributed by atoms with Crippen molar-refractivity contribution in [3.8, 4) is 6.07 Å². The summed E-state index contributed by atoms with van der Waals surface area (Å²) in [4.78, 5) is 4.19. The number of hydrogen-bond donors (Lipinski definition) is 1. The molecule has 5 nitrogen and oxygen atoms in total. The zero-order chi connectivity index (χ0) is 11.5. The molecule has 0 unspecified atom stereocenters. The maximum atomic E-state index is 8.96. The second-order valence-electron chi connectivity index (χ2n) is 3.39. The Kier molecular flexibility index (Phi) is 2.88. The van der Waals surface area contributed by atoms with Gasteiger partial charge in [-0.05, 0) is 18.5 Å². The monoisotopic (exact) mass is 233 g/mol. The van der Waals surface area contributed by atoms with Crippen molar-refractivity contribution in [2.45, 2.75) is 13.5 Å². The molecule has 6 heteroatoms. The summed E-state index contributed by atoms with van der Waals surface area (Å²) in [6, 6.07) is 2.15. The molecule has 0 aliphatic heterocycles. The van der Waals surface area contributed by atoms with Gasteiger partial charge >= 0.3 is 0 Å². The molecule has 0 saturated carbocycles. The fraction of sp³-hybridized carbons (Fsp3) is 0.300. The van der Waals surface area contributed by atoms with Gasteiger partial charge in [-0.3, -0.25) is 0 Å². The van der Waals surface area contributed by atoms with Crippen LogP contribution in [0.2, 0.25) is 0 Å². The van der Waals surface area contributed by atoms with Crippen molar-refractivity contribution in [3.63, 3.8) is 0 Å². The molecule has 82 valence electrons. The minimum atomic E-state index is 0.597. The van der Waals surface area contributed by atoms with E-state index in [1.54, 1.807) is 6.20 Å². The van der Waals surface area contributed by atoms with Gasteiger partial charge in [0, 0.05) is 19.4 Å². The van der Waals surface area contributed by atoms with Gasteiger partial charge in [-0.25, -0.2) is 4.98 Å². The van der Waals surface area contributed by atoms with Crippen LogP contribution >= 0.6 is 11.5 Å². The van der Waals surface area contributed by atoms with E-state index in [1.807, 2.05) is 24.7 Å². The lowest BCUT2D eigenvalue weighted by molar-refractivity contribution is 0.814. The number of rotatable bonds is 3. The van der Waals surface area contributed by atoms with Crippen molar-refractivity contribution in [1.82, 2.24) is 13.9 Å². The fourth-order valence-electron chi connectivity index (χ4n) is 1.35. The smallest absolute Gasteiger partial charge is 0.128 e. The molecule has 0 amide bonds. The number of nitrogens with zero attached hydrogens (tertiary/aromatic N) is 4. The van der Waals surface area contributed by atoms with Crippen LogP contribution < -0.4 is 5.32 Å². The molecule has 0 saturated heterocycles. The zero-order valence-electron chi connectivity index (χ0n) is 9.06. The normalized spacial score (nSPS) is 10.1. The fourth-order valence-corrected chi connectivity index (χ4v) is 2.09.